The van der Waals surface area contributed by atoms with Gasteiger partial charge < -0.3 is 9.64 Å². The Kier molecular flexibility index (Phi) is 4.85. The Labute approximate surface area is 111 Å². The molecule has 8 nitrogen and oxygen atoms in total. The van der Waals surface area contributed by atoms with E-state index in [1.807, 2.05) is 0 Å². The summed E-state index contributed by atoms with van der Waals surface area (Å²) in [5.41, 5.74) is 0.319. The number of carbonyl (C=O) groups excluding carboxylic acids is 1. The molecule has 0 unspecified atom stereocenters. The molecule has 0 atom stereocenters. The standard InChI is InChI=1S/C11H18N4O4/c1-5-19-9(16)6-7-13(3)11-10(15(17)18)8(2)12-14(11)4/h5-7H2,1-4H3. The number of hydrogen-bond acceptors (Lipinski definition) is 6. The predicted molar refractivity (Wildman–Crippen MR) is 69.1 cm³/mol. The van der Waals surface area contributed by atoms with Crippen LogP contribution < -0.4 is 4.90 Å². The molecule has 0 saturated heterocycles. The molecule has 0 amide bonds. The van der Waals surface area contributed by atoms with Crippen LogP contribution in [0.2, 0.25) is 0 Å². The fraction of sp³-hybridized carbons (Fsp3) is 0.636. The number of aromatic nitrogens is 2. The Balaban J connectivity index is 2.85. The summed E-state index contributed by atoms with van der Waals surface area (Å²) in [6.07, 6.45) is 0.172. The van der Waals surface area contributed by atoms with Gasteiger partial charge in [-0.05, 0) is 13.8 Å². The fourth-order valence-corrected chi connectivity index (χ4v) is 1.87. The average molecular weight is 270 g/mol. The molecule has 106 valence electrons. The quantitative estimate of drug-likeness (QED) is 0.435. The van der Waals surface area contributed by atoms with Gasteiger partial charge in [-0.2, -0.15) is 5.10 Å². The highest BCUT2D eigenvalue weighted by Gasteiger charge is 2.26. The zero-order valence-electron chi connectivity index (χ0n) is 11.5. The van der Waals surface area contributed by atoms with Crippen molar-refractivity contribution in [1.29, 1.82) is 0 Å². The largest absolute Gasteiger partial charge is 0.466 e. The first-order valence-electron chi connectivity index (χ1n) is 5.93. The van der Waals surface area contributed by atoms with Gasteiger partial charge in [0.1, 0.15) is 5.69 Å². The van der Waals surface area contributed by atoms with Crippen molar-refractivity contribution < 1.29 is 14.5 Å². The van der Waals surface area contributed by atoms with E-state index < -0.39 is 4.92 Å². The lowest BCUT2D eigenvalue weighted by Gasteiger charge is -2.17. The smallest absolute Gasteiger partial charge is 0.333 e. The summed E-state index contributed by atoms with van der Waals surface area (Å²) in [5, 5.41) is 15.1. The number of esters is 1. The number of hydrogen-bond donors (Lipinski definition) is 0. The zero-order valence-corrected chi connectivity index (χ0v) is 11.5. The van der Waals surface area contributed by atoms with Gasteiger partial charge in [-0.3, -0.25) is 14.9 Å². The van der Waals surface area contributed by atoms with E-state index in [2.05, 4.69) is 5.10 Å². The van der Waals surface area contributed by atoms with Crippen LogP contribution in [0.25, 0.3) is 0 Å². The van der Waals surface area contributed by atoms with E-state index in [9.17, 15) is 14.9 Å². The third-order valence-electron chi connectivity index (χ3n) is 2.66. The lowest BCUT2D eigenvalue weighted by molar-refractivity contribution is -0.384. The second kappa shape index (κ2) is 6.17. The second-order valence-electron chi connectivity index (χ2n) is 4.11. The maximum absolute atomic E-state index is 11.3. The molecular formula is C11H18N4O4. The van der Waals surface area contributed by atoms with Crippen LogP contribution in [0.1, 0.15) is 19.0 Å². The van der Waals surface area contributed by atoms with E-state index in [0.717, 1.165) is 0 Å². The van der Waals surface area contributed by atoms with Gasteiger partial charge in [0.25, 0.3) is 0 Å². The highest BCUT2D eigenvalue weighted by atomic mass is 16.6. The Morgan fingerprint density at radius 1 is 1.58 bits per heavy atom. The molecule has 1 aromatic rings. The maximum Gasteiger partial charge on any atom is 0.333 e. The highest BCUT2D eigenvalue weighted by Crippen LogP contribution is 2.29. The summed E-state index contributed by atoms with van der Waals surface area (Å²) in [4.78, 5) is 23.5. The van der Waals surface area contributed by atoms with Crippen molar-refractivity contribution in [3.05, 3.63) is 15.8 Å². The van der Waals surface area contributed by atoms with Crippen molar-refractivity contribution in [1.82, 2.24) is 9.78 Å². The molecule has 0 aromatic carbocycles. The Morgan fingerprint density at radius 2 is 2.21 bits per heavy atom. The van der Waals surface area contributed by atoms with Gasteiger partial charge in [0, 0.05) is 20.6 Å². The van der Waals surface area contributed by atoms with Gasteiger partial charge in [0.15, 0.2) is 0 Å². The highest BCUT2D eigenvalue weighted by molar-refractivity contribution is 5.70. The van der Waals surface area contributed by atoms with Crippen LogP contribution in [0.5, 0.6) is 0 Å². The summed E-state index contributed by atoms with van der Waals surface area (Å²) in [5.74, 6) is 0.0580. The zero-order chi connectivity index (χ0) is 14.6. The lowest BCUT2D eigenvalue weighted by Crippen LogP contribution is -2.24. The van der Waals surface area contributed by atoms with Crippen LogP contribution in [0.3, 0.4) is 0 Å². The lowest BCUT2D eigenvalue weighted by atomic mass is 10.3. The number of nitrogens with zero attached hydrogens (tertiary/aromatic N) is 4. The molecule has 0 aliphatic carbocycles. The van der Waals surface area contributed by atoms with Crippen molar-refractivity contribution in [2.75, 3.05) is 25.1 Å². The molecule has 8 heteroatoms. The predicted octanol–water partition coefficient (Wildman–Crippen LogP) is 1.03. The summed E-state index contributed by atoms with van der Waals surface area (Å²) < 4.78 is 6.26. The van der Waals surface area contributed by atoms with Crippen molar-refractivity contribution >= 4 is 17.5 Å². The number of ether oxygens (including phenoxy) is 1. The number of aryl methyl sites for hydroxylation is 2. The van der Waals surface area contributed by atoms with Crippen molar-refractivity contribution in [2.45, 2.75) is 20.3 Å². The van der Waals surface area contributed by atoms with E-state index in [1.165, 1.54) is 4.68 Å². The fourth-order valence-electron chi connectivity index (χ4n) is 1.87. The van der Waals surface area contributed by atoms with Gasteiger partial charge in [0.05, 0.1) is 18.0 Å². The Bertz CT molecular complexity index is 483. The molecule has 0 spiro atoms. The molecule has 1 aromatic heterocycles. The molecule has 0 aliphatic rings. The minimum Gasteiger partial charge on any atom is -0.466 e. The number of nitro groups is 1. The molecule has 19 heavy (non-hydrogen) atoms. The van der Waals surface area contributed by atoms with Crippen LogP contribution in [-0.4, -0.2) is 40.9 Å². The van der Waals surface area contributed by atoms with E-state index >= 15 is 0 Å². The monoisotopic (exact) mass is 270 g/mol. The van der Waals surface area contributed by atoms with Crippen LogP contribution in [0.4, 0.5) is 11.5 Å². The van der Waals surface area contributed by atoms with E-state index in [4.69, 9.17) is 4.74 Å². The first-order chi connectivity index (χ1) is 8.88. The molecule has 0 saturated carbocycles. The maximum atomic E-state index is 11.3. The van der Waals surface area contributed by atoms with Crippen LogP contribution in [0, 0.1) is 17.0 Å². The van der Waals surface area contributed by atoms with Crippen molar-refractivity contribution in [2.24, 2.45) is 7.05 Å². The van der Waals surface area contributed by atoms with E-state index in [1.54, 1.807) is 32.8 Å². The van der Waals surface area contributed by atoms with Gasteiger partial charge in [-0.1, -0.05) is 0 Å². The minimum absolute atomic E-state index is 0.0335. The summed E-state index contributed by atoms with van der Waals surface area (Å²) in [6.45, 7) is 3.98. The topological polar surface area (TPSA) is 90.5 Å². The van der Waals surface area contributed by atoms with Crippen molar-refractivity contribution in [3.8, 4) is 0 Å². The molecule has 0 N–H and O–H groups in total. The summed E-state index contributed by atoms with van der Waals surface area (Å²) in [6, 6.07) is 0. The molecule has 0 bridgehead atoms. The van der Waals surface area contributed by atoms with Gasteiger partial charge in [-0.15, -0.1) is 0 Å². The Morgan fingerprint density at radius 3 is 2.74 bits per heavy atom. The molecule has 0 aliphatic heterocycles. The van der Waals surface area contributed by atoms with Crippen molar-refractivity contribution in [3.63, 3.8) is 0 Å². The number of anilines is 1. The Hall–Kier alpha value is -2.12. The van der Waals surface area contributed by atoms with E-state index in [-0.39, 0.29) is 18.1 Å². The summed E-state index contributed by atoms with van der Waals surface area (Å²) in [7, 11) is 3.32. The molecular weight excluding hydrogens is 252 g/mol. The summed E-state index contributed by atoms with van der Waals surface area (Å²) >= 11 is 0. The molecule has 0 radical (unpaired) electrons. The number of carbonyl (C=O) groups is 1. The number of rotatable bonds is 6. The average Bonchev–Trinajstić information content (AvgIpc) is 2.61. The van der Waals surface area contributed by atoms with Gasteiger partial charge >= 0.3 is 11.7 Å². The van der Waals surface area contributed by atoms with E-state index in [0.29, 0.717) is 24.7 Å². The molecule has 0 fully saturated rings. The minimum atomic E-state index is -0.460. The van der Waals surface area contributed by atoms with Gasteiger partial charge in [-0.25, -0.2) is 4.68 Å². The van der Waals surface area contributed by atoms with Crippen LogP contribution in [0.15, 0.2) is 0 Å². The third-order valence-corrected chi connectivity index (χ3v) is 2.66. The normalized spacial score (nSPS) is 10.3. The van der Waals surface area contributed by atoms with Crippen LogP contribution in [-0.2, 0) is 16.6 Å². The first kappa shape index (κ1) is 14.9. The molecule has 1 heterocycles. The first-order valence-corrected chi connectivity index (χ1v) is 5.93. The molecule has 1 rings (SSSR count). The SMILES string of the molecule is CCOC(=O)CCN(C)c1c([N+](=O)[O-])c(C)nn1C. The van der Waals surface area contributed by atoms with Gasteiger partial charge in [0.2, 0.25) is 5.82 Å². The van der Waals surface area contributed by atoms with Crippen LogP contribution >= 0.6 is 0 Å². The third kappa shape index (κ3) is 3.43. The second-order valence-corrected chi connectivity index (χ2v) is 4.11.